The van der Waals surface area contributed by atoms with Crippen LogP contribution in [0.1, 0.15) is 18.5 Å². The van der Waals surface area contributed by atoms with E-state index in [1.807, 2.05) is 60.7 Å². The van der Waals surface area contributed by atoms with E-state index in [0.29, 0.717) is 11.8 Å². The molecule has 3 rings (SSSR count). The van der Waals surface area contributed by atoms with Gasteiger partial charge in [0, 0.05) is 0 Å². The molecule has 5 nitrogen and oxygen atoms in total. The summed E-state index contributed by atoms with van der Waals surface area (Å²) in [5.41, 5.74) is 7.25. The van der Waals surface area contributed by atoms with Crippen molar-refractivity contribution in [2.24, 2.45) is 15.7 Å². The van der Waals surface area contributed by atoms with Crippen molar-refractivity contribution in [3.05, 3.63) is 66.2 Å². The van der Waals surface area contributed by atoms with Gasteiger partial charge in [0.25, 0.3) is 5.91 Å². The van der Waals surface area contributed by atoms with E-state index in [0.717, 1.165) is 11.3 Å². The van der Waals surface area contributed by atoms with Gasteiger partial charge in [-0.3, -0.25) is 4.79 Å². The Kier molecular flexibility index (Phi) is 3.70. The number of amidine groups is 1. The van der Waals surface area contributed by atoms with Crippen LogP contribution in [0.3, 0.4) is 0 Å². The molecule has 110 valence electrons. The zero-order valence-corrected chi connectivity index (χ0v) is 12.2. The van der Waals surface area contributed by atoms with Crippen molar-refractivity contribution in [3.63, 3.8) is 0 Å². The SMILES string of the molecule is C/C(N)=N/C1=NC(c2ccccc2)C(=O)N1c1ccccc1. The Morgan fingerprint density at radius 2 is 1.68 bits per heavy atom. The quantitative estimate of drug-likeness (QED) is 0.682. The highest BCUT2D eigenvalue weighted by Crippen LogP contribution is 2.30. The highest BCUT2D eigenvalue weighted by Gasteiger charge is 2.36. The molecule has 1 aliphatic rings. The van der Waals surface area contributed by atoms with Gasteiger partial charge in [-0.2, -0.15) is 0 Å². The highest BCUT2D eigenvalue weighted by atomic mass is 16.2. The second-order valence-electron chi connectivity index (χ2n) is 5.00. The van der Waals surface area contributed by atoms with Crippen LogP contribution >= 0.6 is 0 Å². The summed E-state index contributed by atoms with van der Waals surface area (Å²) < 4.78 is 0. The Bertz CT molecular complexity index is 734. The van der Waals surface area contributed by atoms with E-state index in [9.17, 15) is 4.79 Å². The number of amides is 1. The third kappa shape index (κ3) is 2.61. The van der Waals surface area contributed by atoms with Gasteiger partial charge in [-0.15, -0.1) is 0 Å². The van der Waals surface area contributed by atoms with Gasteiger partial charge in [-0.1, -0.05) is 48.5 Å². The molecule has 2 N–H and O–H groups in total. The van der Waals surface area contributed by atoms with E-state index in [1.54, 1.807) is 6.92 Å². The molecular weight excluding hydrogens is 276 g/mol. The predicted molar refractivity (Wildman–Crippen MR) is 87.8 cm³/mol. The molecule has 1 aliphatic heterocycles. The van der Waals surface area contributed by atoms with E-state index in [-0.39, 0.29) is 5.91 Å². The van der Waals surface area contributed by atoms with E-state index < -0.39 is 6.04 Å². The normalized spacial score (nSPS) is 18.5. The van der Waals surface area contributed by atoms with Crippen LogP contribution in [0.5, 0.6) is 0 Å². The number of anilines is 1. The zero-order valence-electron chi connectivity index (χ0n) is 12.2. The number of carbonyl (C=O) groups excluding carboxylic acids is 1. The molecule has 1 atom stereocenters. The maximum absolute atomic E-state index is 12.8. The molecule has 0 spiro atoms. The second kappa shape index (κ2) is 5.81. The molecule has 0 saturated carbocycles. The van der Waals surface area contributed by atoms with Gasteiger partial charge in [0.15, 0.2) is 6.04 Å². The van der Waals surface area contributed by atoms with Crippen LogP contribution in [0, 0.1) is 0 Å². The molecule has 0 radical (unpaired) electrons. The number of carbonyl (C=O) groups is 1. The summed E-state index contributed by atoms with van der Waals surface area (Å²) in [6.45, 7) is 1.67. The predicted octanol–water partition coefficient (Wildman–Crippen LogP) is 2.51. The topological polar surface area (TPSA) is 71.0 Å². The molecule has 0 saturated heterocycles. The lowest BCUT2D eigenvalue weighted by Crippen LogP contribution is -2.33. The third-order valence-corrected chi connectivity index (χ3v) is 3.30. The minimum atomic E-state index is -0.584. The Labute approximate surface area is 128 Å². The molecule has 1 heterocycles. The molecule has 2 aromatic carbocycles. The number of nitrogens with two attached hydrogens (primary N) is 1. The van der Waals surface area contributed by atoms with E-state index >= 15 is 0 Å². The Morgan fingerprint density at radius 3 is 2.27 bits per heavy atom. The van der Waals surface area contributed by atoms with Crippen LogP contribution in [-0.2, 0) is 4.79 Å². The van der Waals surface area contributed by atoms with Gasteiger partial charge in [0.2, 0.25) is 5.96 Å². The Morgan fingerprint density at radius 1 is 1.09 bits per heavy atom. The fraction of sp³-hybridized carbons (Fsp3) is 0.118. The monoisotopic (exact) mass is 292 g/mol. The van der Waals surface area contributed by atoms with Crippen molar-refractivity contribution in [1.29, 1.82) is 0 Å². The first kappa shape index (κ1) is 14.0. The number of hydrogen-bond donors (Lipinski definition) is 1. The number of hydrogen-bond acceptors (Lipinski definition) is 3. The average Bonchev–Trinajstić information content (AvgIpc) is 2.85. The summed E-state index contributed by atoms with van der Waals surface area (Å²) in [5, 5.41) is 0. The summed E-state index contributed by atoms with van der Waals surface area (Å²) in [4.78, 5) is 23.0. The van der Waals surface area contributed by atoms with Crippen LogP contribution in [0.25, 0.3) is 0 Å². The van der Waals surface area contributed by atoms with Crippen molar-refractivity contribution in [1.82, 2.24) is 0 Å². The minimum Gasteiger partial charge on any atom is -0.387 e. The van der Waals surface area contributed by atoms with Crippen molar-refractivity contribution in [3.8, 4) is 0 Å². The zero-order chi connectivity index (χ0) is 15.5. The van der Waals surface area contributed by atoms with E-state index in [4.69, 9.17) is 5.73 Å². The lowest BCUT2D eigenvalue weighted by molar-refractivity contribution is -0.118. The number of benzene rings is 2. The third-order valence-electron chi connectivity index (χ3n) is 3.30. The van der Waals surface area contributed by atoms with Crippen molar-refractivity contribution in [2.45, 2.75) is 13.0 Å². The summed E-state index contributed by atoms with van der Waals surface area (Å²) in [6, 6.07) is 18.2. The number of guanidine groups is 1. The van der Waals surface area contributed by atoms with Gasteiger partial charge >= 0.3 is 0 Å². The molecule has 2 aromatic rings. The van der Waals surface area contributed by atoms with Gasteiger partial charge in [-0.05, 0) is 24.6 Å². The lowest BCUT2D eigenvalue weighted by Gasteiger charge is -2.17. The van der Waals surface area contributed by atoms with Crippen LogP contribution in [0.4, 0.5) is 5.69 Å². The fourth-order valence-corrected chi connectivity index (χ4v) is 2.36. The second-order valence-corrected chi connectivity index (χ2v) is 5.00. The smallest absolute Gasteiger partial charge is 0.263 e. The highest BCUT2D eigenvalue weighted by molar-refractivity contribution is 6.24. The molecule has 22 heavy (non-hydrogen) atoms. The van der Waals surface area contributed by atoms with Gasteiger partial charge in [0.05, 0.1) is 11.5 Å². The molecule has 0 aliphatic carbocycles. The summed E-state index contributed by atoms with van der Waals surface area (Å²) in [6.07, 6.45) is 0. The van der Waals surface area contributed by atoms with Crippen molar-refractivity contribution in [2.75, 3.05) is 4.90 Å². The lowest BCUT2D eigenvalue weighted by atomic mass is 10.1. The molecule has 5 heteroatoms. The maximum atomic E-state index is 12.8. The number of nitrogens with zero attached hydrogens (tertiary/aromatic N) is 3. The number of rotatable bonds is 2. The molecule has 0 fully saturated rings. The fourth-order valence-electron chi connectivity index (χ4n) is 2.36. The molecule has 1 amide bonds. The van der Waals surface area contributed by atoms with Gasteiger partial charge in [0.1, 0.15) is 0 Å². The van der Waals surface area contributed by atoms with Crippen LogP contribution in [0.15, 0.2) is 70.6 Å². The maximum Gasteiger partial charge on any atom is 0.263 e. The van der Waals surface area contributed by atoms with Crippen LogP contribution in [-0.4, -0.2) is 17.7 Å². The van der Waals surface area contributed by atoms with Gasteiger partial charge < -0.3 is 5.73 Å². The largest absolute Gasteiger partial charge is 0.387 e. The first-order valence-corrected chi connectivity index (χ1v) is 6.99. The molecule has 1 unspecified atom stereocenters. The van der Waals surface area contributed by atoms with Crippen LogP contribution in [0.2, 0.25) is 0 Å². The summed E-state index contributed by atoms with van der Waals surface area (Å²) in [5.74, 6) is 0.559. The molecule has 0 aromatic heterocycles. The van der Waals surface area contributed by atoms with Crippen molar-refractivity contribution < 1.29 is 4.79 Å². The summed E-state index contributed by atoms with van der Waals surface area (Å²) in [7, 11) is 0. The van der Waals surface area contributed by atoms with E-state index in [1.165, 1.54) is 4.90 Å². The number of para-hydroxylation sites is 1. The minimum absolute atomic E-state index is 0.127. The molecular formula is C17H16N4O. The first-order valence-electron chi connectivity index (χ1n) is 6.99. The van der Waals surface area contributed by atoms with E-state index in [2.05, 4.69) is 9.98 Å². The first-order chi connectivity index (χ1) is 10.7. The standard InChI is InChI=1S/C17H16N4O/c1-12(18)19-17-20-15(13-8-4-2-5-9-13)16(22)21(17)14-10-6-3-7-11-14/h2-11,15H,1H3,(H2,18,19,20). The van der Waals surface area contributed by atoms with Crippen molar-refractivity contribution >= 4 is 23.4 Å². The average molecular weight is 292 g/mol. The Balaban J connectivity index is 2.05. The molecule has 0 bridgehead atoms. The van der Waals surface area contributed by atoms with Crippen LogP contribution < -0.4 is 10.6 Å². The van der Waals surface area contributed by atoms with Gasteiger partial charge in [-0.25, -0.2) is 14.9 Å². The number of aliphatic imine (C=N–C) groups is 2. The Hall–Kier alpha value is -2.95. The summed E-state index contributed by atoms with van der Waals surface area (Å²) >= 11 is 0.